The molecule has 0 spiro atoms. The number of para-hydroxylation sites is 2. The molecule has 0 aliphatic heterocycles. The first kappa shape index (κ1) is 20.2. The second-order valence-corrected chi connectivity index (χ2v) is 6.72. The van der Waals surface area contributed by atoms with E-state index >= 15 is 0 Å². The molecular formula is C21H19N3O4S. The Labute approximate surface area is 172 Å². The summed E-state index contributed by atoms with van der Waals surface area (Å²) < 4.78 is 5.54. The number of aryl methyl sites for hydroxylation is 2. The molecule has 3 rings (SSSR count). The Morgan fingerprint density at radius 1 is 1.14 bits per heavy atom. The van der Waals surface area contributed by atoms with E-state index in [-0.39, 0.29) is 22.3 Å². The number of hydrogen-bond donors (Lipinski definition) is 2. The van der Waals surface area contributed by atoms with E-state index in [4.69, 9.17) is 16.6 Å². The van der Waals surface area contributed by atoms with Crippen molar-refractivity contribution in [1.82, 2.24) is 5.32 Å². The molecule has 0 unspecified atom stereocenters. The average molecular weight is 409 g/mol. The fourth-order valence-corrected chi connectivity index (χ4v) is 3.15. The van der Waals surface area contributed by atoms with Crippen LogP contribution in [-0.4, -0.2) is 15.9 Å². The van der Waals surface area contributed by atoms with Gasteiger partial charge in [0.15, 0.2) is 10.9 Å². The Hall–Kier alpha value is -3.52. The normalized spacial score (nSPS) is 10.4. The molecule has 3 aromatic rings. The molecule has 0 atom stereocenters. The van der Waals surface area contributed by atoms with Gasteiger partial charge in [-0.05, 0) is 54.9 Å². The monoisotopic (exact) mass is 409 g/mol. The van der Waals surface area contributed by atoms with Gasteiger partial charge in [0.05, 0.1) is 10.5 Å². The molecule has 0 radical (unpaired) electrons. The van der Waals surface area contributed by atoms with Crippen LogP contribution in [0.4, 0.5) is 11.4 Å². The van der Waals surface area contributed by atoms with Crippen LogP contribution < -0.4 is 10.6 Å². The lowest BCUT2D eigenvalue weighted by Crippen LogP contribution is -2.34. The van der Waals surface area contributed by atoms with Gasteiger partial charge >= 0.3 is 0 Å². The lowest BCUT2D eigenvalue weighted by atomic mass is 10.1. The van der Waals surface area contributed by atoms with Crippen LogP contribution in [0.25, 0.3) is 11.3 Å². The van der Waals surface area contributed by atoms with Gasteiger partial charge in [0.2, 0.25) is 0 Å². The maximum atomic E-state index is 12.5. The van der Waals surface area contributed by atoms with Gasteiger partial charge in [0.1, 0.15) is 5.76 Å². The third-order valence-electron chi connectivity index (χ3n) is 4.40. The molecule has 2 aromatic carbocycles. The molecule has 0 aliphatic rings. The highest BCUT2D eigenvalue weighted by Crippen LogP contribution is 2.30. The standard InChI is InChI=1S/C21H19N3O4S/c1-3-14-8-6-7-13(2)19(14)22-21(29)23-20(25)18-12-11-17(28-18)15-9-4-5-10-16(15)24(26)27/h4-12H,3H2,1-2H3,(H2,22,23,25,29). The Kier molecular flexibility index (Phi) is 6.04. The predicted molar refractivity (Wildman–Crippen MR) is 115 cm³/mol. The van der Waals surface area contributed by atoms with Crippen molar-refractivity contribution in [3.05, 3.63) is 81.6 Å². The number of carbonyl (C=O) groups excluding carboxylic acids is 1. The van der Waals surface area contributed by atoms with Crippen molar-refractivity contribution in [1.29, 1.82) is 0 Å². The number of hydrogen-bond acceptors (Lipinski definition) is 5. The topological polar surface area (TPSA) is 97.4 Å². The zero-order valence-electron chi connectivity index (χ0n) is 15.9. The summed E-state index contributed by atoms with van der Waals surface area (Å²) in [6.07, 6.45) is 0.817. The van der Waals surface area contributed by atoms with Crippen LogP contribution in [0, 0.1) is 17.0 Å². The van der Waals surface area contributed by atoms with E-state index in [1.165, 1.54) is 18.2 Å². The number of furan rings is 1. The molecule has 0 aliphatic carbocycles. The summed E-state index contributed by atoms with van der Waals surface area (Å²) in [7, 11) is 0. The lowest BCUT2D eigenvalue weighted by Gasteiger charge is -2.14. The highest BCUT2D eigenvalue weighted by atomic mass is 32.1. The van der Waals surface area contributed by atoms with Gasteiger partial charge in [0.25, 0.3) is 11.6 Å². The van der Waals surface area contributed by atoms with Crippen LogP contribution in [0.1, 0.15) is 28.6 Å². The second-order valence-electron chi connectivity index (χ2n) is 6.31. The molecule has 29 heavy (non-hydrogen) atoms. The Morgan fingerprint density at radius 2 is 1.90 bits per heavy atom. The van der Waals surface area contributed by atoms with Crippen LogP contribution in [0.2, 0.25) is 0 Å². The smallest absolute Gasteiger partial charge is 0.293 e. The molecule has 0 bridgehead atoms. The number of nitro benzene ring substituents is 1. The number of carbonyl (C=O) groups is 1. The van der Waals surface area contributed by atoms with Crippen LogP contribution in [0.15, 0.2) is 59.0 Å². The van der Waals surface area contributed by atoms with Crippen molar-refractivity contribution in [2.24, 2.45) is 0 Å². The van der Waals surface area contributed by atoms with E-state index in [0.717, 1.165) is 23.2 Å². The molecule has 1 heterocycles. The maximum Gasteiger partial charge on any atom is 0.293 e. The first-order chi connectivity index (χ1) is 13.9. The molecule has 0 saturated carbocycles. The molecule has 0 saturated heterocycles. The molecule has 0 fully saturated rings. The van der Waals surface area contributed by atoms with Crippen LogP contribution in [-0.2, 0) is 6.42 Å². The van der Waals surface area contributed by atoms with E-state index in [2.05, 4.69) is 10.6 Å². The van der Waals surface area contributed by atoms with Gasteiger partial charge in [-0.1, -0.05) is 37.3 Å². The summed E-state index contributed by atoms with van der Waals surface area (Å²) >= 11 is 5.26. The fourth-order valence-electron chi connectivity index (χ4n) is 2.96. The zero-order valence-corrected chi connectivity index (χ0v) is 16.7. The zero-order chi connectivity index (χ0) is 21.0. The van der Waals surface area contributed by atoms with Gasteiger partial charge in [-0.3, -0.25) is 20.2 Å². The minimum atomic E-state index is -0.543. The van der Waals surface area contributed by atoms with Gasteiger partial charge in [0, 0.05) is 11.8 Å². The SMILES string of the molecule is CCc1cccc(C)c1NC(=S)NC(=O)c1ccc(-c2ccccc2[N+](=O)[O-])o1. The quantitative estimate of drug-likeness (QED) is 0.355. The number of amides is 1. The van der Waals surface area contributed by atoms with E-state index in [1.54, 1.807) is 18.2 Å². The highest BCUT2D eigenvalue weighted by molar-refractivity contribution is 7.80. The van der Waals surface area contributed by atoms with Crippen LogP contribution >= 0.6 is 12.2 Å². The Morgan fingerprint density at radius 3 is 2.62 bits per heavy atom. The Balaban J connectivity index is 1.75. The van der Waals surface area contributed by atoms with Gasteiger partial charge in [-0.15, -0.1) is 0 Å². The molecular weight excluding hydrogens is 390 g/mol. The summed E-state index contributed by atoms with van der Waals surface area (Å²) in [5.41, 5.74) is 3.15. The third kappa shape index (κ3) is 4.49. The van der Waals surface area contributed by atoms with Gasteiger partial charge in [-0.25, -0.2) is 0 Å². The first-order valence-corrected chi connectivity index (χ1v) is 9.36. The Bertz CT molecular complexity index is 1090. The number of thiocarbonyl (C=S) groups is 1. The first-order valence-electron chi connectivity index (χ1n) is 8.95. The summed E-state index contributed by atoms with van der Waals surface area (Å²) in [6.45, 7) is 3.99. The minimum Gasteiger partial charge on any atom is -0.451 e. The van der Waals surface area contributed by atoms with Crippen molar-refractivity contribution in [3.8, 4) is 11.3 Å². The summed E-state index contributed by atoms with van der Waals surface area (Å²) in [5.74, 6) is -0.310. The van der Waals surface area contributed by atoms with Crippen molar-refractivity contribution >= 4 is 34.6 Å². The molecule has 2 N–H and O–H groups in total. The number of benzene rings is 2. The van der Waals surface area contributed by atoms with E-state index < -0.39 is 10.8 Å². The van der Waals surface area contributed by atoms with Gasteiger partial charge < -0.3 is 9.73 Å². The number of nitro groups is 1. The predicted octanol–water partition coefficient (Wildman–Crippen LogP) is 4.85. The fraction of sp³-hybridized carbons (Fsp3) is 0.143. The average Bonchev–Trinajstić information content (AvgIpc) is 3.19. The minimum absolute atomic E-state index is 0.00259. The van der Waals surface area contributed by atoms with Gasteiger partial charge in [-0.2, -0.15) is 0 Å². The number of nitrogens with zero attached hydrogens (tertiary/aromatic N) is 1. The van der Waals surface area contributed by atoms with Crippen molar-refractivity contribution in [3.63, 3.8) is 0 Å². The largest absolute Gasteiger partial charge is 0.451 e. The summed E-state index contributed by atoms with van der Waals surface area (Å²) in [5, 5.41) is 17.0. The van der Waals surface area contributed by atoms with E-state index in [9.17, 15) is 14.9 Å². The molecule has 148 valence electrons. The van der Waals surface area contributed by atoms with Crippen molar-refractivity contribution < 1.29 is 14.1 Å². The summed E-state index contributed by atoms with van der Waals surface area (Å²) in [6, 6.07) is 15.1. The number of anilines is 1. The van der Waals surface area contributed by atoms with Crippen LogP contribution in [0.5, 0.6) is 0 Å². The molecule has 8 heteroatoms. The molecule has 1 amide bonds. The second kappa shape index (κ2) is 8.66. The molecule has 7 nitrogen and oxygen atoms in total. The third-order valence-corrected chi connectivity index (χ3v) is 4.61. The van der Waals surface area contributed by atoms with Crippen molar-refractivity contribution in [2.75, 3.05) is 5.32 Å². The lowest BCUT2D eigenvalue weighted by molar-refractivity contribution is -0.384. The maximum absolute atomic E-state index is 12.5. The van der Waals surface area contributed by atoms with Crippen LogP contribution in [0.3, 0.4) is 0 Å². The number of rotatable bonds is 5. The van der Waals surface area contributed by atoms with Crippen molar-refractivity contribution in [2.45, 2.75) is 20.3 Å². The summed E-state index contributed by atoms with van der Waals surface area (Å²) in [4.78, 5) is 23.2. The van der Waals surface area contributed by atoms with E-state index in [1.807, 2.05) is 32.0 Å². The highest BCUT2D eigenvalue weighted by Gasteiger charge is 2.20. The number of nitrogens with one attached hydrogen (secondary N) is 2. The molecule has 1 aromatic heterocycles. The van der Waals surface area contributed by atoms with E-state index in [0.29, 0.717) is 5.56 Å².